The van der Waals surface area contributed by atoms with Crippen LogP contribution >= 0.6 is 0 Å². The van der Waals surface area contributed by atoms with Crippen molar-refractivity contribution < 1.29 is 19.0 Å². The number of benzene rings is 1. The molecule has 160 valence electrons. The van der Waals surface area contributed by atoms with Crippen molar-refractivity contribution in [3.63, 3.8) is 0 Å². The van der Waals surface area contributed by atoms with E-state index in [4.69, 9.17) is 14.2 Å². The van der Waals surface area contributed by atoms with Gasteiger partial charge in [-0.05, 0) is 25.1 Å². The lowest BCUT2D eigenvalue weighted by molar-refractivity contribution is 0.0601. The molecular weight excluding hydrogens is 398 g/mol. The fourth-order valence-corrected chi connectivity index (χ4v) is 3.93. The van der Waals surface area contributed by atoms with Gasteiger partial charge in [-0.15, -0.1) is 0 Å². The Balaban J connectivity index is 1.97. The van der Waals surface area contributed by atoms with E-state index in [1.54, 1.807) is 13.3 Å². The van der Waals surface area contributed by atoms with Crippen LogP contribution in [0.2, 0.25) is 25.7 Å². The number of aryl methyl sites for hydroxylation is 1. The summed E-state index contributed by atoms with van der Waals surface area (Å²) in [6, 6.07) is 6.87. The van der Waals surface area contributed by atoms with Crippen LogP contribution in [0, 0.1) is 6.92 Å². The summed E-state index contributed by atoms with van der Waals surface area (Å²) in [5.74, 6) is 0.202. The summed E-state index contributed by atoms with van der Waals surface area (Å²) in [7, 11) is 1.84. The van der Waals surface area contributed by atoms with Crippen molar-refractivity contribution in [3.05, 3.63) is 41.9 Å². The van der Waals surface area contributed by atoms with Gasteiger partial charge in [-0.1, -0.05) is 19.6 Å². The van der Waals surface area contributed by atoms with E-state index in [0.29, 0.717) is 23.6 Å². The fraction of sp³-hybridized carbons (Fsp3) is 0.409. The Kier molecular flexibility index (Phi) is 6.57. The maximum Gasteiger partial charge on any atom is 0.340 e. The zero-order chi connectivity index (χ0) is 21.9. The molecule has 2 heterocycles. The van der Waals surface area contributed by atoms with Crippen molar-refractivity contribution in [1.82, 2.24) is 14.8 Å². The van der Waals surface area contributed by atoms with Gasteiger partial charge in [0, 0.05) is 49.2 Å². The van der Waals surface area contributed by atoms with Crippen molar-refractivity contribution in [3.8, 4) is 16.9 Å². The number of carbonyl (C=O) groups excluding carboxylic acids is 1. The summed E-state index contributed by atoms with van der Waals surface area (Å²) in [6.45, 7) is 9.98. The van der Waals surface area contributed by atoms with Crippen molar-refractivity contribution in [2.75, 3.05) is 20.8 Å². The number of ether oxygens (including phenoxy) is 3. The Morgan fingerprint density at radius 3 is 2.53 bits per heavy atom. The Labute approximate surface area is 178 Å². The number of aromatic nitrogens is 3. The van der Waals surface area contributed by atoms with Crippen LogP contribution in [0.3, 0.4) is 0 Å². The molecule has 0 aliphatic rings. The topological polar surface area (TPSA) is 75.5 Å². The predicted molar refractivity (Wildman–Crippen MR) is 120 cm³/mol. The first kappa shape index (κ1) is 22.0. The van der Waals surface area contributed by atoms with Crippen molar-refractivity contribution in [1.29, 1.82) is 0 Å². The molecule has 0 fully saturated rings. The van der Waals surface area contributed by atoms with Crippen LogP contribution < -0.4 is 4.74 Å². The number of nitrogens with zero attached hydrogens (tertiary/aromatic N) is 3. The molecule has 0 saturated heterocycles. The summed E-state index contributed by atoms with van der Waals surface area (Å²) >= 11 is 0. The Hall–Kier alpha value is -2.71. The van der Waals surface area contributed by atoms with E-state index in [0.717, 1.165) is 34.8 Å². The summed E-state index contributed by atoms with van der Waals surface area (Å²) in [4.78, 5) is 16.5. The summed E-state index contributed by atoms with van der Waals surface area (Å²) in [5, 5.41) is 5.41. The van der Waals surface area contributed by atoms with Crippen LogP contribution in [-0.4, -0.2) is 49.6 Å². The first-order valence-corrected chi connectivity index (χ1v) is 13.6. The van der Waals surface area contributed by atoms with Gasteiger partial charge in [0.15, 0.2) is 0 Å². The van der Waals surface area contributed by atoms with E-state index in [1.807, 2.05) is 29.8 Å². The quantitative estimate of drug-likeness (QED) is 0.299. The lowest BCUT2D eigenvalue weighted by atomic mass is 9.98. The summed E-state index contributed by atoms with van der Waals surface area (Å²) in [6.07, 6.45) is 3.34. The molecule has 0 atom stereocenters. The minimum Gasteiger partial charge on any atom is -0.496 e. The van der Waals surface area contributed by atoms with E-state index >= 15 is 0 Å². The highest BCUT2D eigenvalue weighted by Crippen LogP contribution is 2.36. The molecule has 0 bridgehead atoms. The standard InChI is InChI=1S/C22H29N3O4Si/c1-15-9-17(19(13-23-15)22(26)28-3)18-10-16-12-24-25(20(16)11-21(18)27-2)14-29-7-8-30(4,5)6/h9-13H,7-8,14H2,1-6H3. The second kappa shape index (κ2) is 8.97. The first-order valence-electron chi connectivity index (χ1n) is 9.90. The van der Waals surface area contributed by atoms with E-state index in [-0.39, 0.29) is 0 Å². The molecule has 7 nitrogen and oxygen atoms in total. The number of fused-ring (bicyclic) bond motifs is 1. The van der Waals surface area contributed by atoms with Crippen molar-refractivity contribution in [2.24, 2.45) is 0 Å². The molecule has 0 unspecified atom stereocenters. The molecule has 30 heavy (non-hydrogen) atoms. The smallest absolute Gasteiger partial charge is 0.340 e. The number of methoxy groups -OCH3 is 2. The molecule has 0 spiro atoms. The molecule has 0 amide bonds. The maximum absolute atomic E-state index is 12.3. The van der Waals surface area contributed by atoms with Crippen LogP contribution in [0.25, 0.3) is 22.0 Å². The lowest BCUT2D eigenvalue weighted by Crippen LogP contribution is -2.22. The molecule has 8 heteroatoms. The minimum atomic E-state index is -1.13. The lowest BCUT2D eigenvalue weighted by Gasteiger charge is -2.16. The Morgan fingerprint density at radius 2 is 1.87 bits per heavy atom. The van der Waals surface area contributed by atoms with Gasteiger partial charge in [0.25, 0.3) is 0 Å². The predicted octanol–water partition coefficient (Wildman–Crippen LogP) is 4.51. The summed E-state index contributed by atoms with van der Waals surface area (Å²) in [5.41, 5.74) is 3.60. The second-order valence-corrected chi connectivity index (χ2v) is 14.1. The highest BCUT2D eigenvalue weighted by Gasteiger charge is 2.19. The van der Waals surface area contributed by atoms with Crippen LogP contribution in [0.5, 0.6) is 5.75 Å². The molecule has 0 N–H and O–H groups in total. The molecule has 1 aromatic carbocycles. The molecule has 0 radical (unpaired) electrons. The zero-order valence-corrected chi connectivity index (χ0v) is 19.5. The van der Waals surface area contributed by atoms with E-state index in [1.165, 1.54) is 13.3 Å². The number of carbonyl (C=O) groups is 1. The van der Waals surface area contributed by atoms with E-state index < -0.39 is 14.0 Å². The maximum atomic E-state index is 12.3. The highest BCUT2D eigenvalue weighted by atomic mass is 28.3. The van der Waals surface area contributed by atoms with Crippen molar-refractivity contribution in [2.45, 2.75) is 39.3 Å². The third-order valence-electron chi connectivity index (χ3n) is 4.91. The number of hydrogen-bond donors (Lipinski definition) is 0. The SMILES string of the molecule is COC(=O)c1cnc(C)cc1-c1cc2cnn(COCC[Si](C)(C)C)c2cc1OC. The Bertz CT molecular complexity index is 1060. The van der Waals surface area contributed by atoms with Crippen LogP contribution in [0.1, 0.15) is 16.1 Å². The number of pyridine rings is 1. The molecule has 0 aliphatic carbocycles. The first-order chi connectivity index (χ1) is 14.2. The van der Waals surface area contributed by atoms with Gasteiger partial charge in [-0.25, -0.2) is 9.48 Å². The zero-order valence-electron chi connectivity index (χ0n) is 18.5. The van der Waals surface area contributed by atoms with Crippen LogP contribution in [0.4, 0.5) is 0 Å². The van der Waals surface area contributed by atoms with Crippen molar-refractivity contribution >= 4 is 24.9 Å². The normalized spacial score (nSPS) is 11.7. The second-order valence-electron chi connectivity index (χ2n) is 8.47. The monoisotopic (exact) mass is 427 g/mol. The van der Waals surface area contributed by atoms with Gasteiger partial charge in [0.05, 0.1) is 31.5 Å². The van der Waals surface area contributed by atoms with Gasteiger partial charge < -0.3 is 14.2 Å². The third kappa shape index (κ3) is 4.88. The average molecular weight is 428 g/mol. The molecule has 3 rings (SSSR count). The molecule has 3 aromatic rings. The van der Waals surface area contributed by atoms with Gasteiger partial charge >= 0.3 is 5.97 Å². The number of hydrogen-bond acceptors (Lipinski definition) is 6. The Morgan fingerprint density at radius 1 is 1.10 bits per heavy atom. The number of rotatable bonds is 8. The summed E-state index contributed by atoms with van der Waals surface area (Å²) < 4.78 is 18.3. The molecule has 2 aromatic heterocycles. The van der Waals surface area contributed by atoms with E-state index in [2.05, 4.69) is 29.7 Å². The molecular formula is C22H29N3O4Si. The molecule has 0 aliphatic heterocycles. The third-order valence-corrected chi connectivity index (χ3v) is 6.61. The van der Waals surface area contributed by atoms with Crippen LogP contribution in [0.15, 0.2) is 30.6 Å². The fourth-order valence-electron chi connectivity index (χ4n) is 3.17. The van der Waals surface area contributed by atoms with Gasteiger partial charge in [0.2, 0.25) is 0 Å². The highest BCUT2D eigenvalue weighted by molar-refractivity contribution is 6.76. The average Bonchev–Trinajstić information content (AvgIpc) is 3.10. The van der Waals surface area contributed by atoms with Gasteiger partial charge in [-0.3, -0.25) is 4.98 Å². The minimum absolute atomic E-state index is 0.387. The number of esters is 1. The van der Waals surface area contributed by atoms with Gasteiger partial charge in [-0.2, -0.15) is 5.10 Å². The van der Waals surface area contributed by atoms with E-state index in [9.17, 15) is 4.79 Å². The van der Waals surface area contributed by atoms with Gasteiger partial charge in [0.1, 0.15) is 12.5 Å². The van der Waals surface area contributed by atoms with Crippen LogP contribution in [-0.2, 0) is 16.2 Å². The molecule has 0 saturated carbocycles. The largest absolute Gasteiger partial charge is 0.496 e.